The largest absolute Gasteiger partial charge is 0.483 e. The van der Waals surface area contributed by atoms with Crippen molar-refractivity contribution in [2.75, 3.05) is 6.61 Å². The van der Waals surface area contributed by atoms with Crippen LogP contribution in [0.3, 0.4) is 0 Å². The quantitative estimate of drug-likeness (QED) is 0.501. The molecule has 24 heavy (non-hydrogen) atoms. The zero-order valence-electron chi connectivity index (χ0n) is 13.4. The van der Waals surface area contributed by atoms with Gasteiger partial charge in [-0.3, -0.25) is 14.9 Å². The van der Waals surface area contributed by atoms with Crippen LogP contribution in [-0.2, 0) is 4.79 Å². The van der Waals surface area contributed by atoms with Crippen molar-refractivity contribution in [3.63, 3.8) is 0 Å². The summed E-state index contributed by atoms with van der Waals surface area (Å²) in [5, 5.41) is 14.3. The number of hydrogen-bond donors (Lipinski definition) is 1. The minimum atomic E-state index is -0.479. The van der Waals surface area contributed by atoms with Gasteiger partial charge in [-0.2, -0.15) is 5.10 Å². The Morgan fingerprint density at radius 3 is 2.58 bits per heavy atom. The smallest absolute Gasteiger partial charge is 0.277 e. The average Bonchev–Trinajstić information content (AvgIpc) is 2.54. The molecule has 0 aromatic heterocycles. The van der Waals surface area contributed by atoms with E-state index >= 15 is 0 Å². The van der Waals surface area contributed by atoms with Gasteiger partial charge in [0.1, 0.15) is 5.75 Å². The van der Waals surface area contributed by atoms with Crippen LogP contribution in [0.25, 0.3) is 0 Å². The molecule has 7 nitrogen and oxygen atoms in total. The number of hydrogen-bond acceptors (Lipinski definition) is 5. The summed E-state index contributed by atoms with van der Waals surface area (Å²) in [7, 11) is 0. The number of rotatable bonds is 6. The van der Waals surface area contributed by atoms with Crippen molar-refractivity contribution in [3.8, 4) is 5.75 Å². The van der Waals surface area contributed by atoms with Gasteiger partial charge in [-0.15, -0.1) is 0 Å². The van der Waals surface area contributed by atoms with Gasteiger partial charge in [0.05, 0.1) is 11.1 Å². The van der Waals surface area contributed by atoms with E-state index in [0.29, 0.717) is 11.3 Å². The van der Waals surface area contributed by atoms with Crippen LogP contribution in [0.2, 0.25) is 0 Å². The maximum atomic E-state index is 11.7. The first-order chi connectivity index (χ1) is 11.5. The minimum Gasteiger partial charge on any atom is -0.483 e. The molecule has 1 amide bonds. The Morgan fingerprint density at radius 2 is 1.96 bits per heavy atom. The fourth-order valence-corrected chi connectivity index (χ4v) is 2.00. The number of non-ortho nitro benzene ring substituents is 1. The molecule has 2 aromatic carbocycles. The second-order valence-electron chi connectivity index (χ2n) is 5.20. The minimum absolute atomic E-state index is 0.00180. The normalized spacial score (nSPS) is 10.6. The summed E-state index contributed by atoms with van der Waals surface area (Å²) in [6, 6.07) is 11.5. The predicted molar refractivity (Wildman–Crippen MR) is 90.2 cm³/mol. The highest BCUT2D eigenvalue weighted by molar-refractivity contribution is 5.83. The fourth-order valence-electron chi connectivity index (χ4n) is 2.00. The third-order valence-electron chi connectivity index (χ3n) is 3.20. The zero-order chi connectivity index (χ0) is 17.5. The van der Waals surface area contributed by atoms with Gasteiger partial charge in [0.2, 0.25) is 0 Å². The summed E-state index contributed by atoms with van der Waals surface area (Å²) in [4.78, 5) is 21.8. The number of carbonyl (C=O) groups is 1. The lowest BCUT2D eigenvalue weighted by Gasteiger charge is -2.08. The Balaban J connectivity index is 1.83. The van der Waals surface area contributed by atoms with Crippen LogP contribution < -0.4 is 10.2 Å². The van der Waals surface area contributed by atoms with Crippen LogP contribution in [0.15, 0.2) is 47.6 Å². The van der Waals surface area contributed by atoms with E-state index in [1.54, 1.807) is 12.1 Å². The average molecular weight is 327 g/mol. The number of carbonyl (C=O) groups excluding carboxylic acids is 1. The van der Waals surface area contributed by atoms with Gasteiger partial charge in [0.25, 0.3) is 11.6 Å². The molecular weight excluding hydrogens is 310 g/mol. The molecule has 2 aromatic rings. The summed E-state index contributed by atoms with van der Waals surface area (Å²) in [5.41, 5.74) is 5.05. The van der Waals surface area contributed by atoms with Crippen LogP contribution in [0, 0.1) is 24.0 Å². The first-order valence-corrected chi connectivity index (χ1v) is 7.22. The number of nitrogens with one attached hydrogen (secondary N) is 1. The van der Waals surface area contributed by atoms with Crippen molar-refractivity contribution >= 4 is 17.8 Å². The van der Waals surface area contributed by atoms with E-state index in [1.165, 1.54) is 18.3 Å². The Labute approximate surface area is 139 Å². The Morgan fingerprint density at radius 1 is 1.25 bits per heavy atom. The highest BCUT2D eigenvalue weighted by Gasteiger charge is 2.05. The van der Waals surface area contributed by atoms with E-state index in [0.717, 1.165) is 11.1 Å². The lowest BCUT2D eigenvalue weighted by atomic mass is 10.1. The highest BCUT2D eigenvalue weighted by atomic mass is 16.6. The third kappa shape index (κ3) is 4.91. The molecule has 0 radical (unpaired) electrons. The molecular formula is C17H17N3O4. The Kier molecular flexibility index (Phi) is 5.62. The van der Waals surface area contributed by atoms with Crippen molar-refractivity contribution in [3.05, 3.63) is 69.3 Å². The standard InChI is InChI=1S/C17H17N3O4/c1-12-3-8-16(13(2)9-12)24-11-17(21)19-18-10-14-4-6-15(7-5-14)20(22)23/h3-10H,11H2,1-2H3,(H,19,21). The van der Waals surface area contributed by atoms with Crippen molar-refractivity contribution in [2.45, 2.75) is 13.8 Å². The molecule has 7 heteroatoms. The molecule has 0 aliphatic rings. The number of hydrazone groups is 1. The van der Waals surface area contributed by atoms with Gasteiger partial charge in [-0.05, 0) is 43.2 Å². The number of aryl methyl sites for hydroxylation is 2. The second kappa shape index (κ2) is 7.87. The van der Waals surface area contributed by atoms with Crippen LogP contribution in [0.4, 0.5) is 5.69 Å². The van der Waals surface area contributed by atoms with Crippen molar-refractivity contribution in [1.29, 1.82) is 0 Å². The van der Waals surface area contributed by atoms with Gasteiger partial charge in [-0.25, -0.2) is 5.43 Å². The molecule has 124 valence electrons. The van der Waals surface area contributed by atoms with Gasteiger partial charge in [-0.1, -0.05) is 17.7 Å². The third-order valence-corrected chi connectivity index (χ3v) is 3.20. The van der Waals surface area contributed by atoms with Gasteiger partial charge >= 0.3 is 0 Å². The zero-order valence-corrected chi connectivity index (χ0v) is 13.4. The number of nitro benzene ring substituents is 1. The summed E-state index contributed by atoms with van der Waals surface area (Å²) in [6.07, 6.45) is 1.40. The summed E-state index contributed by atoms with van der Waals surface area (Å²) in [5.74, 6) is 0.253. The molecule has 0 unspecified atom stereocenters. The van der Waals surface area contributed by atoms with Gasteiger partial charge < -0.3 is 4.74 Å². The monoisotopic (exact) mass is 327 g/mol. The first-order valence-electron chi connectivity index (χ1n) is 7.22. The molecule has 0 aliphatic heterocycles. The maximum absolute atomic E-state index is 11.7. The van der Waals surface area contributed by atoms with Gasteiger partial charge in [0, 0.05) is 12.1 Å². The summed E-state index contributed by atoms with van der Waals surface area (Å²) < 4.78 is 5.44. The molecule has 0 saturated carbocycles. The van der Waals surface area contributed by atoms with Crippen molar-refractivity contribution in [1.82, 2.24) is 5.43 Å². The molecule has 1 N–H and O–H groups in total. The van der Waals surface area contributed by atoms with Crippen LogP contribution in [-0.4, -0.2) is 23.7 Å². The van der Waals surface area contributed by atoms with Crippen LogP contribution in [0.5, 0.6) is 5.75 Å². The SMILES string of the molecule is Cc1ccc(OCC(=O)NN=Cc2ccc([N+](=O)[O-])cc2)c(C)c1. The number of nitro groups is 1. The predicted octanol–water partition coefficient (Wildman–Crippen LogP) is 2.74. The molecule has 0 aliphatic carbocycles. The molecule has 0 fully saturated rings. The Bertz CT molecular complexity index is 770. The molecule has 0 heterocycles. The van der Waals surface area contributed by atoms with E-state index in [9.17, 15) is 14.9 Å². The highest BCUT2D eigenvalue weighted by Crippen LogP contribution is 2.18. The maximum Gasteiger partial charge on any atom is 0.277 e. The summed E-state index contributed by atoms with van der Waals surface area (Å²) >= 11 is 0. The Hall–Kier alpha value is -3.22. The molecule has 0 spiro atoms. The number of ether oxygens (including phenoxy) is 1. The lowest BCUT2D eigenvalue weighted by Crippen LogP contribution is -2.24. The fraction of sp³-hybridized carbons (Fsp3) is 0.176. The van der Waals surface area contributed by atoms with Crippen LogP contribution >= 0.6 is 0 Å². The summed E-state index contributed by atoms with van der Waals surface area (Å²) in [6.45, 7) is 3.74. The lowest BCUT2D eigenvalue weighted by molar-refractivity contribution is -0.384. The topological polar surface area (TPSA) is 93.8 Å². The first kappa shape index (κ1) is 17.1. The molecule has 0 saturated heterocycles. The number of amides is 1. The van der Waals surface area contributed by atoms with E-state index in [2.05, 4.69) is 10.5 Å². The van der Waals surface area contributed by atoms with Crippen molar-refractivity contribution in [2.24, 2.45) is 5.10 Å². The van der Waals surface area contributed by atoms with Crippen molar-refractivity contribution < 1.29 is 14.5 Å². The van der Waals surface area contributed by atoms with E-state index in [1.807, 2.05) is 32.0 Å². The molecule has 2 rings (SSSR count). The molecule has 0 atom stereocenters. The van der Waals surface area contributed by atoms with Gasteiger partial charge in [0.15, 0.2) is 6.61 Å². The second-order valence-corrected chi connectivity index (χ2v) is 5.20. The van der Waals surface area contributed by atoms with E-state index in [4.69, 9.17) is 4.74 Å². The van der Waals surface area contributed by atoms with E-state index in [-0.39, 0.29) is 12.3 Å². The van der Waals surface area contributed by atoms with Crippen LogP contribution in [0.1, 0.15) is 16.7 Å². The van der Waals surface area contributed by atoms with E-state index < -0.39 is 10.8 Å². The number of benzene rings is 2. The number of nitrogens with zero attached hydrogens (tertiary/aromatic N) is 2. The molecule has 0 bridgehead atoms.